The molecule has 6 atom stereocenters. The third-order valence-corrected chi connectivity index (χ3v) is 14.6. The highest BCUT2D eigenvalue weighted by molar-refractivity contribution is 7.91. The number of rotatable bonds is 8. The van der Waals surface area contributed by atoms with E-state index in [0.29, 0.717) is 62.5 Å². The van der Waals surface area contributed by atoms with E-state index in [2.05, 4.69) is 28.0 Å². The van der Waals surface area contributed by atoms with Gasteiger partial charge in [-0.3, -0.25) is 19.1 Å². The Morgan fingerprint density at radius 1 is 1.04 bits per heavy atom. The minimum Gasteiger partial charge on any atom is -0.497 e. The van der Waals surface area contributed by atoms with Gasteiger partial charge in [0.2, 0.25) is 27.7 Å². The number of sulfonamides is 1. The van der Waals surface area contributed by atoms with Crippen LogP contribution in [-0.2, 0) is 35.6 Å². The van der Waals surface area contributed by atoms with Gasteiger partial charge >= 0.3 is 6.03 Å². The van der Waals surface area contributed by atoms with Crippen molar-refractivity contribution in [1.82, 2.24) is 30.1 Å². The molecule has 3 saturated carbocycles. The van der Waals surface area contributed by atoms with Crippen LogP contribution in [0.4, 0.5) is 4.79 Å². The molecule has 4 heterocycles. The van der Waals surface area contributed by atoms with Crippen LogP contribution in [0.15, 0.2) is 36.9 Å². The Bertz CT molecular complexity index is 2020. The predicted octanol–water partition coefficient (Wildman–Crippen LogP) is 3.35. The first-order chi connectivity index (χ1) is 27.5. The van der Waals surface area contributed by atoms with Gasteiger partial charge < -0.3 is 34.6 Å². The fraction of sp³-hybridized carbons (Fsp3) is 0.634. The lowest BCUT2D eigenvalue weighted by Gasteiger charge is -2.33. The number of aromatic nitrogens is 1. The smallest absolute Gasteiger partial charge is 0.318 e. The average Bonchev–Trinajstić information content (AvgIpc) is 3.97. The van der Waals surface area contributed by atoms with Crippen molar-refractivity contribution < 1.29 is 41.8 Å². The van der Waals surface area contributed by atoms with Crippen molar-refractivity contribution in [1.29, 1.82) is 0 Å². The van der Waals surface area contributed by atoms with Crippen LogP contribution in [0.3, 0.4) is 0 Å². The molecule has 4 bridgehead atoms. The Kier molecular flexibility index (Phi) is 11.1. The third kappa shape index (κ3) is 8.30. The minimum atomic E-state index is -3.89. The molecule has 0 spiro atoms. The number of carbonyl (C=O) groups is 4. The summed E-state index contributed by atoms with van der Waals surface area (Å²) in [4.78, 5) is 65.0. The van der Waals surface area contributed by atoms with Crippen LogP contribution >= 0.6 is 0 Å². The van der Waals surface area contributed by atoms with Crippen LogP contribution in [0, 0.1) is 11.8 Å². The van der Waals surface area contributed by atoms with Gasteiger partial charge in [-0.2, -0.15) is 0 Å². The summed E-state index contributed by atoms with van der Waals surface area (Å²) >= 11 is 0. The van der Waals surface area contributed by atoms with E-state index in [1.165, 1.54) is 11.0 Å². The zero-order chi connectivity index (χ0) is 39.9. The van der Waals surface area contributed by atoms with Gasteiger partial charge in [0.1, 0.15) is 29.5 Å². The number of nitrogens with one attached hydrogen (secondary N) is 3. The van der Waals surface area contributed by atoms with Gasteiger partial charge in [0.05, 0.1) is 30.5 Å². The van der Waals surface area contributed by atoms with E-state index in [-0.39, 0.29) is 37.4 Å². The molecule has 57 heavy (non-hydrogen) atoms. The number of carbonyl (C=O) groups excluding carboxylic acids is 4. The normalized spacial score (nSPS) is 30.0. The summed E-state index contributed by atoms with van der Waals surface area (Å²) in [5, 5.41) is 6.25. The fourth-order valence-corrected chi connectivity index (χ4v) is 10.5. The maximum absolute atomic E-state index is 14.9. The molecule has 5 fully saturated rings. The number of fused-ring (bicyclic) bond motifs is 6. The van der Waals surface area contributed by atoms with E-state index < -0.39 is 62.6 Å². The van der Waals surface area contributed by atoms with Gasteiger partial charge in [0, 0.05) is 49.1 Å². The number of hydrogen-bond acceptors (Lipinski definition) is 10. The Balaban J connectivity index is 1.12. The molecule has 16 heteroatoms. The van der Waals surface area contributed by atoms with E-state index in [1.54, 1.807) is 12.0 Å². The molecule has 15 nitrogen and oxygen atoms in total. The highest BCUT2D eigenvalue weighted by Crippen LogP contribution is 2.46. The molecule has 1 aromatic carbocycles. The summed E-state index contributed by atoms with van der Waals surface area (Å²) in [5.41, 5.74) is 0.0468. The Morgan fingerprint density at radius 3 is 2.58 bits per heavy atom. The van der Waals surface area contributed by atoms with Gasteiger partial charge in [0.25, 0.3) is 5.91 Å². The van der Waals surface area contributed by atoms with Crippen LogP contribution in [0.2, 0.25) is 0 Å². The van der Waals surface area contributed by atoms with Crippen molar-refractivity contribution in [3.8, 4) is 11.6 Å². The number of nitrogens with zero attached hydrogens (tertiary/aromatic N) is 3. The van der Waals surface area contributed by atoms with E-state index in [1.807, 2.05) is 18.2 Å². The monoisotopic (exact) mass is 806 g/mol. The van der Waals surface area contributed by atoms with Gasteiger partial charge in [0.15, 0.2) is 0 Å². The largest absolute Gasteiger partial charge is 0.497 e. The molecule has 8 rings (SSSR count). The van der Waals surface area contributed by atoms with E-state index in [9.17, 15) is 27.6 Å². The molecular formula is C41H54N6O9S. The summed E-state index contributed by atoms with van der Waals surface area (Å²) in [5.74, 6) is -1.39. The van der Waals surface area contributed by atoms with Crippen molar-refractivity contribution in [3.05, 3.63) is 42.5 Å². The standard InChI is InChI=1S/C41H54N6O9S/c1-3-28-22-41(28,39(50)45-57(52,53)32-14-15-32)44-36(48)34-21-31-24-47(34)38(49)35(25-9-6-7-10-25)43-40(51)46-17-16-30(23-46)55-18-8-4-5-11-27-19-26-12-13-29(54-2)20-33(26)42-37(27)56-31/h3,12-13,19-20,25,28,30-32,34-35H,1,4-11,14-18,21-24H2,2H3,(H,43,51)(H,44,48)(H,45,50)/t28-,30+,31-,34+,35+,41-/m1/s1. The fourth-order valence-electron chi connectivity index (χ4n) is 9.10. The first kappa shape index (κ1) is 39.4. The van der Waals surface area contributed by atoms with Crippen molar-refractivity contribution >= 4 is 44.7 Å². The molecule has 2 saturated heterocycles. The number of ether oxygens (including phenoxy) is 3. The van der Waals surface area contributed by atoms with Crippen molar-refractivity contribution in [2.45, 2.75) is 119 Å². The highest BCUT2D eigenvalue weighted by Gasteiger charge is 2.62. The molecule has 1 aromatic heterocycles. The Hall–Kier alpha value is -4.44. The van der Waals surface area contributed by atoms with E-state index in [4.69, 9.17) is 19.2 Å². The van der Waals surface area contributed by atoms with E-state index in [0.717, 1.165) is 55.9 Å². The molecule has 0 radical (unpaired) electrons. The zero-order valence-corrected chi connectivity index (χ0v) is 33.4. The van der Waals surface area contributed by atoms with Crippen molar-refractivity contribution in [3.63, 3.8) is 0 Å². The van der Waals surface area contributed by atoms with Gasteiger partial charge in [-0.05, 0) is 81.9 Å². The molecule has 3 N–H and O–H groups in total. The maximum atomic E-state index is 14.9. The average molecular weight is 807 g/mol. The summed E-state index contributed by atoms with van der Waals surface area (Å²) < 4.78 is 46.2. The van der Waals surface area contributed by atoms with Crippen LogP contribution in [-0.4, -0.2) is 115 Å². The minimum absolute atomic E-state index is 0.0348. The summed E-state index contributed by atoms with van der Waals surface area (Å²) in [7, 11) is -2.30. The van der Waals surface area contributed by atoms with E-state index >= 15 is 0 Å². The molecule has 6 aliphatic rings. The molecular weight excluding hydrogens is 753 g/mol. The number of benzene rings is 1. The topological polar surface area (TPSA) is 186 Å². The molecule has 3 aliphatic heterocycles. The second-order valence-electron chi connectivity index (χ2n) is 16.7. The number of urea groups is 1. The molecule has 3 aliphatic carbocycles. The second-order valence-corrected chi connectivity index (χ2v) is 18.6. The SMILES string of the molecule is C=C[C@@H]1C[C@]1(NC(=O)[C@@H]1C[C@@H]2CN1C(=O)[C@H](C1CCCC1)NC(=O)N1CC[C@@H](C1)OCCCCCc1cc3ccc(OC)cc3nc1O2)C(=O)NS(=O)(=O)C1CC1. The first-order valence-electron chi connectivity index (χ1n) is 20.6. The quantitative estimate of drug-likeness (QED) is 0.335. The number of amides is 5. The van der Waals surface area contributed by atoms with Gasteiger partial charge in [-0.1, -0.05) is 25.3 Å². The lowest BCUT2D eigenvalue weighted by atomic mass is 9.96. The first-order valence-corrected chi connectivity index (χ1v) is 22.1. The van der Waals surface area contributed by atoms with Gasteiger partial charge in [-0.15, -0.1) is 6.58 Å². The third-order valence-electron chi connectivity index (χ3n) is 12.7. The van der Waals surface area contributed by atoms with Crippen LogP contribution in [0.1, 0.15) is 82.6 Å². The predicted molar refractivity (Wildman–Crippen MR) is 210 cm³/mol. The Morgan fingerprint density at radius 2 is 1.84 bits per heavy atom. The molecule has 0 unspecified atom stereocenters. The van der Waals surface area contributed by atoms with Gasteiger partial charge in [-0.25, -0.2) is 18.2 Å². The summed E-state index contributed by atoms with van der Waals surface area (Å²) in [6.45, 7) is 5.40. The number of hydrogen-bond donors (Lipinski definition) is 3. The molecule has 2 aromatic rings. The number of aryl methyl sites for hydroxylation is 1. The van der Waals surface area contributed by atoms with Crippen LogP contribution in [0.5, 0.6) is 11.6 Å². The zero-order valence-electron chi connectivity index (χ0n) is 32.6. The second kappa shape index (κ2) is 16.1. The van der Waals surface area contributed by atoms with Crippen molar-refractivity contribution in [2.75, 3.05) is 33.4 Å². The van der Waals surface area contributed by atoms with Crippen molar-refractivity contribution in [2.24, 2.45) is 11.8 Å². The summed E-state index contributed by atoms with van der Waals surface area (Å²) in [6, 6.07) is 5.44. The molecule has 5 amide bonds. The van der Waals surface area contributed by atoms with Crippen LogP contribution in [0.25, 0.3) is 10.9 Å². The lowest BCUT2D eigenvalue weighted by molar-refractivity contribution is -0.142. The summed E-state index contributed by atoms with van der Waals surface area (Å²) in [6.07, 6.45) is 9.37. The molecule has 308 valence electrons. The lowest BCUT2D eigenvalue weighted by Crippen LogP contribution is -2.59. The highest BCUT2D eigenvalue weighted by atomic mass is 32.2. The Labute approximate surface area is 333 Å². The number of methoxy groups -OCH3 is 1. The maximum Gasteiger partial charge on any atom is 0.318 e. The number of pyridine rings is 1. The van der Waals surface area contributed by atoms with Crippen LogP contribution < -0.4 is 24.8 Å².